The number of amides is 1. The summed E-state index contributed by atoms with van der Waals surface area (Å²) in [5, 5.41) is 11.3. The molecule has 0 aromatic rings. The van der Waals surface area contributed by atoms with Gasteiger partial charge < -0.3 is 11.1 Å². The van der Waals surface area contributed by atoms with E-state index in [9.17, 15) is 4.79 Å². The zero-order valence-electron chi connectivity index (χ0n) is 17.3. The molecule has 0 radical (unpaired) electrons. The lowest BCUT2D eigenvalue weighted by Crippen LogP contribution is -2.45. The van der Waals surface area contributed by atoms with E-state index in [1.165, 1.54) is 23.6 Å². The van der Waals surface area contributed by atoms with Gasteiger partial charge in [-0.05, 0) is 53.4 Å². The molecule has 5 nitrogen and oxygen atoms in total. The van der Waals surface area contributed by atoms with Gasteiger partial charge in [0.2, 0.25) is 12.1 Å². The maximum atomic E-state index is 11.2. The number of carbonyl (C=O) groups excluding carboxylic acids is 1. The lowest BCUT2D eigenvalue weighted by atomic mass is 10.1. The van der Waals surface area contributed by atoms with Crippen molar-refractivity contribution < 1.29 is 4.79 Å². The summed E-state index contributed by atoms with van der Waals surface area (Å²) in [6, 6.07) is -0.410. The van der Waals surface area contributed by atoms with Crippen LogP contribution in [-0.4, -0.2) is 29.3 Å². The van der Waals surface area contributed by atoms with E-state index in [-0.39, 0.29) is 11.7 Å². The average molecular weight is 391 g/mol. The summed E-state index contributed by atoms with van der Waals surface area (Å²) in [6.45, 7) is 10.0. The Morgan fingerprint density at radius 2 is 1.70 bits per heavy atom. The van der Waals surface area contributed by atoms with E-state index in [2.05, 4.69) is 56.2 Å². The second-order valence-corrected chi connectivity index (χ2v) is 7.96. The number of carbonyl (C=O) groups is 1. The molecule has 0 aliphatic rings. The predicted molar refractivity (Wildman–Crippen MR) is 118 cm³/mol. The monoisotopic (exact) mass is 390 g/mol. The Hall–Kier alpha value is -2.00. The number of nitrogens with one attached hydrogen (secondary N) is 1. The van der Waals surface area contributed by atoms with Crippen molar-refractivity contribution in [2.45, 2.75) is 66.3 Å². The molecular formula is C21H34N4OS. The smallest absolute Gasteiger partial charge is 0.217 e. The quantitative estimate of drug-likeness (QED) is 0.169. The number of rotatable bonds is 12. The minimum Gasteiger partial charge on any atom is -0.385 e. The maximum Gasteiger partial charge on any atom is 0.217 e. The van der Waals surface area contributed by atoms with E-state index in [0.29, 0.717) is 5.75 Å². The molecule has 0 rings (SSSR count). The highest BCUT2D eigenvalue weighted by molar-refractivity contribution is 7.99. The SMILES string of the molecule is CC(=O)NC(CSC/C=C(\C)CC/C=C(\C)CCC=C(C)C)/C(N)=N/C#N. The fourth-order valence-corrected chi connectivity index (χ4v) is 3.34. The molecule has 0 spiro atoms. The highest BCUT2D eigenvalue weighted by Crippen LogP contribution is 2.13. The molecule has 6 heteroatoms. The summed E-state index contributed by atoms with van der Waals surface area (Å²) in [6.07, 6.45) is 12.8. The van der Waals surface area contributed by atoms with Crippen molar-refractivity contribution in [3.63, 3.8) is 0 Å². The van der Waals surface area contributed by atoms with Gasteiger partial charge in [-0.3, -0.25) is 4.79 Å². The summed E-state index contributed by atoms with van der Waals surface area (Å²) in [7, 11) is 0. The van der Waals surface area contributed by atoms with E-state index in [0.717, 1.165) is 31.4 Å². The molecule has 27 heavy (non-hydrogen) atoms. The van der Waals surface area contributed by atoms with Crippen LogP contribution >= 0.6 is 11.8 Å². The number of amidine groups is 1. The highest BCUT2D eigenvalue weighted by atomic mass is 32.2. The molecule has 0 saturated heterocycles. The lowest BCUT2D eigenvalue weighted by molar-refractivity contribution is -0.119. The average Bonchev–Trinajstić information content (AvgIpc) is 2.57. The number of hydrogen-bond donors (Lipinski definition) is 2. The van der Waals surface area contributed by atoms with E-state index >= 15 is 0 Å². The normalized spacial score (nSPS) is 13.7. The molecule has 1 amide bonds. The van der Waals surface area contributed by atoms with Crippen molar-refractivity contribution in [1.82, 2.24) is 5.32 Å². The molecule has 0 saturated carbocycles. The number of allylic oxidation sites excluding steroid dienone is 5. The first-order valence-electron chi connectivity index (χ1n) is 9.27. The molecule has 150 valence electrons. The standard InChI is InChI=1S/C21H34N4OS/c1-16(2)8-6-9-17(3)10-7-11-18(4)12-13-27-14-20(25-19(5)26)21(23)24-15-22/h8,10,12,20H,6-7,9,11,13-14H2,1-5H3,(H2,23,24)(H,25,26)/b17-10+,18-12+. The molecule has 3 N–H and O–H groups in total. The van der Waals surface area contributed by atoms with Crippen LogP contribution in [0.3, 0.4) is 0 Å². The second-order valence-electron chi connectivity index (χ2n) is 6.89. The molecule has 0 aliphatic carbocycles. The van der Waals surface area contributed by atoms with Crippen LogP contribution in [-0.2, 0) is 4.79 Å². The van der Waals surface area contributed by atoms with Gasteiger partial charge in [0.15, 0.2) is 0 Å². The first-order valence-corrected chi connectivity index (χ1v) is 10.4. The van der Waals surface area contributed by atoms with Crippen molar-refractivity contribution in [3.05, 3.63) is 34.9 Å². The summed E-state index contributed by atoms with van der Waals surface area (Å²) in [5.74, 6) is 1.39. The Morgan fingerprint density at radius 3 is 2.26 bits per heavy atom. The molecule has 0 aromatic carbocycles. The van der Waals surface area contributed by atoms with Gasteiger partial charge in [-0.1, -0.05) is 34.9 Å². The van der Waals surface area contributed by atoms with Crippen molar-refractivity contribution in [1.29, 1.82) is 5.26 Å². The molecule has 0 aliphatic heterocycles. The summed E-state index contributed by atoms with van der Waals surface area (Å²) in [4.78, 5) is 14.8. The predicted octanol–water partition coefficient (Wildman–Crippen LogP) is 4.48. The molecule has 0 aromatic heterocycles. The molecule has 0 fully saturated rings. The molecule has 1 unspecified atom stereocenters. The topological polar surface area (TPSA) is 91.3 Å². The highest BCUT2D eigenvalue weighted by Gasteiger charge is 2.14. The van der Waals surface area contributed by atoms with Crippen molar-refractivity contribution in [2.75, 3.05) is 11.5 Å². The van der Waals surface area contributed by atoms with Crippen LogP contribution in [0.25, 0.3) is 0 Å². The minimum atomic E-state index is -0.410. The lowest BCUT2D eigenvalue weighted by Gasteiger charge is -2.15. The number of nitrogens with two attached hydrogens (primary N) is 1. The van der Waals surface area contributed by atoms with Crippen LogP contribution in [0.4, 0.5) is 0 Å². The Balaban J connectivity index is 4.26. The third-order valence-electron chi connectivity index (χ3n) is 3.87. The van der Waals surface area contributed by atoms with Crippen molar-refractivity contribution >= 4 is 23.5 Å². The van der Waals surface area contributed by atoms with Crippen LogP contribution in [0.1, 0.15) is 60.3 Å². The number of thioether (sulfide) groups is 1. The number of aliphatic imine (C=N–C) groups is 1. The Kier molecular flexibility index (Phi) is 14.0. The Bertz CT molecular complexity index is 623. The molecule has 0 bridgehead atoms. The van der Waals surface area contributed by atoms with Crippen LogP contribution in [0.5, 0.6) is 0 Å². The van der Waals surface area contributed by atoms with Gasteiger partial charge in [0.25, 0.3) is 0 Å². The number of nitriles is 1. The fraction of sp³-hybridized carbons (Fsp3) is 0.571. The third kappa shape index (κ3) is 14.8. The minimum absolute atomic E-state index is 0.148. The van der Waals surface area contributed by atoms with E-state index in [1.807, 2.05) is 0 Å². The molecular weight excluding hydrogens is 356 g/mol. The summed E-state index contributed by atoms with van der Waals surface area (Å²) < 4.78 is 0. The van der Waals surface area contributed by atoms with Gasteiger partial charge in [-0.15, -0.1) is 0 Å². The van der Waals surface area contributed by atoms with Crippen LogP contribution in [0, 0.1) is 11.5 Å². The van der Waals surface area contributed by atoms with Gasteiger partial charge in [-0.2, -0.15) is 22.0 Å². The van der Waals surface area contributed by atoms with Crippen molar-refractivity contribution in [3.8, 4) is 6.19 Å². The maximum absolute atomic E-state index is 11.2. The zero-order valence-corrected chi connectivity index (χ0v) is 18.2. The van der Waals surface area contributed by atoms with Gasteiger partial charge in [0, 0.05) is 18.4 Å². The summed E-state index contributed by atoms with van der Waals surface area (Å²) in [5.41, 5.74) is 9.91. The van der Waals surface area contributed by atoms with Gasteiger partial charge in [0.05, 0.1) is 6.04 Å². The number of nitrogens with zero attached hydrogens (tertiary/aromatic N) is 2. The van der Waals surface area contributed by atoms with Crippen molar-refractivity contribution in [2.24, 2.45) is 10.7 Å². The Morgan fingerprint density at radius 1 is 1.11 bits per heavy atom. The van der Waals surface area contributed by atoms with E-state index in [4.69, 9.17) is 11.0 Å². The third-order valence-corrected chi connectivity index (χ3v) is 4.84. The number of hydrogen-bond acceptors (Lipinski definition) is 4. The van der Waals surface area contributed by atoms with Gasteiger partial charge in [-0.25, -0.2) is 0 Å². The van der Waals surface area contributed by atoms with E-state index < -0.39 is 6.04 Å². The van der Waals surface area contributed by atoms with E-state index in [1.54, 1.807) is 18.0 Å². The zero-order chi connectivity index (χ0) is 20.7. The van der Waals surface area contributed by atoms with Crippen LogP contribution in [0.15, 0.2) is 39.9 Å². The first-order chi connectivity index (χ1) is 12.8. The summed E-state index contributed by atoms with van der Waals surface area (Å²) >= 11 is 1.66. The van der Waals surface area contributed by atoms with Crippen LogP contribution < -0.4 is 11.1 Å². The molecule has 1 atom stereocenters. The van der Waals surface area contributed by atoms with Gasteiger partial charge >= 0.3 is 0 Å². The largest absolute Gasteiger partial charge is 0.385 e. The fourth-order valence-electron chi connectivity index (χ4n) is 2.31. The Labute approximate surface area is 168 Å². The van der Waals surface area contributed by atoms with Crippen LogP contribution in [0.2, 0.25) is 0 Å². The molecule has 0 heterocycles. The van der Waals surface area contributed by atoms with Gasteiger partial charge in [0.1, 0.15) is 5.84 Å². The first kappa shape index (κ1) is 25.0. The second kappa shape index (κ2) is 15.1.